The van der Waals surface area contributed by atoms with Gasteiger partial charge in [-0.1, -0.05) is 24.3 Å². The average Bonchev–Trinajstić information content (AvgIpc) is 3.56. The topological polar surface area (TPSA) is 80.7 Å². The number of aromatic nitrogens is 2. The van der Waals surface area contributed by atoms with Gasteiger partial charge in [-0.2, -0.15) is 0 Å². The van der Waals surface area contributed by atoms with E-state index in [9.17, 15) is 4.79 Å². The van der Waals surface area contributed by atoms with Crippen LogP contribution in [0, 0.1) is 0 Å². The molecule has 2 atom stereocenters. The number of methoxy groups -OCH3 is 1. The molecule has 2 aromatic carbocycles. The Bertz CT molecular complexity index is 1360. The molecule has 0 aliphatic carbocycles. The summed E-state index contributed by atoms with van der Waals surface area (Å²) in [6.07, 6.45) is 3.85. The van der Waals surface area contributed by atoms with Crippen molar-refractivity contribution < 1.29 is 14.3 Å². The van der Waals surface area contributed by atoms with Crippen LogP contribution in [0.25, 0.3) is 0 Å². The molecule has 9 heteroatoms. The largest absolute Gasteiger partial charge is 0.484 e. The Labute approximate surface area is 227 Å². The van der Waals surface area contributed by atoms with Crippen LogP contribution in [0.4, 0.5) is 11.4 Å². The van der Waals surface area contributed by atoms with Gasteiger partial charge in [0.05, 0.1) is 18.3 Å². The SMILES string of the molecule is COCCn1cccc1[C@@H]1[C@@H](c2ccccn2)NC(=S)N1c1ccc(NC(=O)COc2ccccc2)cc1. The lowest BCUT2D eigenvalue weighted by Gasteiger charge is -2.29. The zero-order valence-electron chi connectivity index (χ0n) is 21.0. The van der Waals surface area contributed by atoms with Crippen molar-refractivity contribution in [3.63, 3.8) is 0 Å². The Morgan fingerprint density at radius 1 is 1.03 bits per heavy atom. The maximum absolute atomic E-state index is 12.4. The molecule has 194 valence electrons. The summed E-state index contributed by atoms with van der Waals surface area (Å²) < 4.78 is 13.1. The summed E-state index contributed by atoms with van der Waals surface area (Å²) in [7, 11) is 1.70. The number of benzene rings is 2. The maximum atomic E-state index is 12.4. The molecule has 2 aromatic heterocycles. The van der Waals surface area contributed by atoms with Gasteiger partial charge in [0.1, 0.15) is 11.8 Å². The predicted molar refractivity (Wildman–Crippen MR) is 151 cm³/mol. The normalized spacial score (nSPS) is 16.8. The number of anilines is 2. The number of rotatable bonds is 10. The maximum Gasteiger partial charge on any atom is 0.262 e. The monoisotopic (exact) mass is 527 g/mol. The molecule has 5 rings (SSSR count). The van der Waals surface area contributed by atoms with Crippen molar-refractivity contribution in [1.82, 2.24) is 14.9 Å². The van der Waals surface area contributed by atoms with Crippen molar-refractivity contribution in [1.29, 1.82) is 0 Å². The highest BCUT2D eigenvalue weighted by Crippen LogP contribution is 2.41. The molecule has 0 spiro atoms. The van der Waals surface area contributed by atoms with Crippen LogP contribution in [-0.2, 0) is 16.1 Å². The molecular formula is C29H29N5O3S. The minimum atomic E-state index is -0.232. The van der Waals surface area contributed by atoms with Crippen LogP contribution < -0.4 is 20.3 Å². The van der Waals surface area contributed by atoms with E-state index in [0.29, 0.717) is 23.2 Å². The summed E-state index contributed by atoms with van der Waals surface area (Å²) in [5, 5.41) is 6.98. The Morgan fingerprint density at radius 2 is 1.82 bits per heavy atom. The van der Waals surface area contributed by atoms with E-state index in [0.717, 1.165) is 23.6 Å². The zero-order valence-corrected chi connectivity index (χ0v) is 21.8. The molecule has 8 nitrogen and oxygen atoms in total. The molecule has 1 amide bonds. The van der Waals surface area contributed by atoms with Gasteiger partial charge in [0.25, 0.3) is 5.91 Å². The fourth-order valence-electron chi connectivity index (χ4n) is 4.59. The van der Waals surface area contributed by atoms with Gasteiger partial charge in [-0.3, -0.25) is 9.78 Å². The second kappa shape index (κ2) is 11.9. The lowest BCUT2D eigenvalue weighted by atomic mass is 10.0. The molecule has 1 aliphatic rings. The summed E-state index contributed by atoms with van der Waals surface area (Å²) in [5.74, 6) is 0.417. The van der Waals surface area contributed by atoms with Gasteiger partial charge in [-0.15, -0.1) is 0 Å². The van der Waals surface area contributed by atoms with Crippen LogP contribution in [0.1, 0.15) is 23.5 Å². The van der Waals surface area contributed by atoms with Gasteiger partial charge in [0.2, 0.25) is 0 Å². The van der Waals surface area contributed by atoms with Crippen LogP contribution in [0.2, 0.25) is 0 Å². The number of para-hydroxylation sites is 1. The van der Waals surface area contributed by atoms with E-state index in [1.807, 2.05) is 78.9 Å². The highest BCUT2D eigenvalue weighted by Gasteiger charge is 2.42. The van der Waals surface area contributed by atoms with E-state index in [-0.39, 0.29) is 24.6 Å². The van der Waals surface area contributed by atoms with Crippen molar-refractivity contribution in [3.8, 4) is 5.75 Å². The molecular weight excluding hydrogens is 498 g/mol. The number of carbonyl (C=O) groups is 1. The Kier molecular flexibility index (Phi) is 7.96. The molecule has 1 aliphatic heterocycles. The first-order valence-electron chi connectivity index (χ1n) is 12.4. The molecule has 1 saturated heterocycles. The fourth-order valence-corrected chi connectivity index (χ4v) is 4.94. The van der Waals surface area contributed by atoms with Gasteiger partial charge in [-0.25, -0.2) is 0 Å². The van der Waals surface area contributed by atoms with Crippen LogP contribution >= 0.6 is 12.2 Å². The molecule has 0 radical (unpaired) electrons. The van der Waals surface area contributed by atoms with Crippen LogP contribution in [-0.4, -0.2) is 40.9 Å². The third-order valence-corrected chi connectivity index (χ3v) is 6.66. The quantitative estimate of drug-likeness (QED) is 0.289. The first-order chi connectivity index (χ1) is 18.6. The number of thiocarbonyl (C=S) groups is 1. The molecule has 4 aromatic rings. The van der Waals surface area contributed by atoms with Crippen molar-refractivity contribution in [2.45, 2.75) is 18.6 Å². The lowest BCUT2D eigenvalue weighted by molar-refractivity contribution is -0.118. The number of carbonyl (C=O) groups excluding carboxylic acids is 1. The zero-order chi connectivity index (χ0) is 26.3. The molecule has 0 saturated carbocycles. The Morgan fingerprint density at radius 3 is 2.55 bits per heavy atom. The molecule has 1 fully saturated rings. The first kappa shape index (κ1) is 25.4. The number of ether oxygens (including phenoxy) is 2. The van der Waals surface area contributed by atoms with E-state index in [1.165, 1.54) is 0 Å². The summed E-state index contributed by atoms with van der Waals surface area (Å²) in [6, 6.07) is 26.7. The molecule has 0 unspecified atom stereocenters. The standard InChI is InChI=1S/C29H29N5O3S/c1-36-19-18-33-17-7-11-25(33)28-27(24-10-5-6-16-30-24)32-29(38)34(28)22-14-12-21(13-15-22)31-26(35)20-37-23-8-3-2-4-9-23/h2-17,27-28H,18-20H2,1H3,(H,31,35)(H,32,38)/t27-,28-/m1/s1. The van der Waals surface area contributed by atoms with Gasteiger partial charge < -0.3 is 29.6 Å². The predicted octanol–water partition coefficient (Wildman–Crippen LogP) is 4.72. The third-order valence-electron chi connectivity index (χ3n) is 6.34. The van der Waals surface area contributed by atoms with Crippen molar-refractivity contribution in [3.05, 3.63) is 109 Å². The fraction of sp³-hybridized carbons (Fsp3) is 0.207. The molecule has 0 bridgehead atoms. The van der Waals surface area contributed by atoms with E-state index in [1.54, 1.807) is 13.3 Å². The van der Waals surface area contributed by atoms with Crippen molar-refractivity contribution >= 4 is 34.6 Å². The number of amides is 1. The summed E-state index contributed by atoms with van der Waals surface area (Å²) >= 11 is 5.83. The first-order valence-corrected chi connectivity index (χ1v) is 12.8. The Hall–Kier alpha value is -4.21. The number of nitrogens with one attached hydrogen (secondary N) is 2. The van der Waals surface area contributed by atoms with Crippen LogP contribution in [0.5, 0.6) is 5.75 Å². The lowest BCUT2D eigenvalue weighted by Crippen LogP contribution is -2.30. The molecule has 38 heavy (non-hydrogen) atoms. The van der Waals surface area contributed by atoms with E-state index >= 15 is 0 Å². The summed E-state index contributed by atoms with van der Waals surface area (Å²) in [5.41, 5.74) is 3.59. The van der Waals surface area contributed by atoms with Crippen molar-refractivity contribution in [2.75, 3.05) is 30.5 Å². The van der Waals surface area contributed by atoms with Gasteiger partial charge in [0, 0.05) is 43.1 Å². The summed E-state index contributed by atoms with van der Waals surface area (Å²) in [6.45, 7) is 1.25. The summed E-state index contributed by atoms with van der Waals surface area (Å²) in [4.78, 5) is 19.1. The number of hydrogen-bond donors (Lipinski definition) is 2. The van der Waals surface area contributed by atoms with Crippen molar-refractivity contribution in [2.24, 2.45) is 0 Å². The van der Waals surface area contributed by atoms with Gasteiger partial charge >= 0.3 is 0 Å². The number of nitrogens with zero attached hydrogens (tertiary/aromatic N) is 3. The smallest absolute Gasteiger partial charge is 0.262 e. The minimum Gasteiger partial charge on any atom is -0.484 e. The van der Waals surface area contributed by atoms with E-state index in [2.05, 4.69) is 37.3 Å². The second-order valence-corrected chi connectivity index (χ2v) is 9.20. The molecule has 2 N–H and O–H groups in total. The highest BCUT2D eigenvalue weighted by molar-refractivity contribution is 7.80. The van der Waals surface area contributed by atoms with E-state index < -0.39 is 0 Å². The van der Waals surface area contributed by atoms with E-state index in [4.69, 9.17) is 21.7 Å². The third kappa shape index (κ3) is 5.69. The van der Waals surface area contributed by atoms with Crippen LogP contribution in [0.3, 0.4) is 0 Å². The number of pyridine rings is 1. The Balaban J connectivity index is 1.37. The highest BCUT2D eigenvalue weighted by atomic mass is 32.1. The number of hydrogen-bond acceptors (Lipinski definition) is 5. The van der Waals surface area contributed by atoms with Gasteiger partial charge in [0.15, 0.2) is 11.7 Å². The van der Waals surface area contributed by atoms with Gasteiger partial charge in [-0.05, 0) is 72.9 Å². The second-order valence-electron chi connectivity index (χ2n) is 8.81. The molecule has 3 heterocycles. The minimum absolute atomic E-state index is 0.0712. The average molecular weight is 528 g/mol. The van der Waals surface area contributed by atoms with Crippen LogP contribution in [0.15, 0.2) is 97.3 Å².